The number of amides is 1. The molecular formula is C21H24N2O6. The van der Waals surface area contributed by atoms with Crippen molar-refractivity contribution in [3.63, 3.8) is 0 Å². The maximum Gasteiger partial charge on any atom is 0.343 e. The van der Waals surface area contributed by atoms with Gasteiger partial charge in [0.15, 0.2) is 18.1 Å². The van der Waals surface area contributed by atoms with Crippen LogP contribution in [0.1, 0.15) is 18.1 Å². The lowest BCUT2D eigenvalue weighted by Crippen LogP contribution is -2.19. The summed E-state index contributed by atoms with van der Waals surface area (Å²) in [7, 11) is 2.77. The fourth-order valence-corrected chi connectivity index (χ4v) is 2.35. The second-order valence-electron chi connectivity index (χ2n) is 5.82. The van der Waals surface area contributed by atoms with Crippen LogP contribution in [0.5, 0.6) is 17.2 Å². The molecule has 1 amide bonds. The Bertz CT molecular complexity index is 849. The lowest BCUT2D eigenvalue weighted by atomic mass is 10.1. The number of carbonyl (C=O) groups is 2. The maximum atomic E-state index is 12.0. The molecule has 29 heavy (non-hydrogen) atoms. The molecule has 8 nitrogen and oxygen atoms in total. The zero-order valence-corrected chi connectivity index (χ0v) is 16.6. The van der Waals surface area contributed by atoms with Crippen molar-refractivity contribution in [2.24, 2.45) is 5.10 Å². The Balaban J connectivity index is 1.90. The van der Waals surface area contributed by atoms with Crippen molar-refractivity contribution in [3.8, 4) is 17.2 Å². The van der Waals surface area contributed by atoms with E-state index in [1.807, 2.05) is 31.2 Å². The summed E-state index contributed by atoms with van der Waals surface area (Å²) in [6.45, 7) is 2.29. The minimum atomic E-state index is -0.493. The summed E-state index contributed by atoms with van der Waals surface area (Å²) in [5, 5.41) is 3.96. The molecular weight excluding hydrogens is 376 g/mol. The first-order valence-electron chi connectivity index (χ1n) is 8.97. The molecule has 0 unspecified atom stereocenters. The maximum absolute atomic E-state index is 12.0. The first-order chi connectivity index (χ1) is 14.0. The standard InChI is InChI=1S/C21H24N2O6/c1-4-28-17-8-5-15(6-9-17)12-20(24)23-22-13-16-7-10-18(19(11-16)26-2)29-14-21(25)27-3/h5-11,13H,4,12,14H2,1-3H3,(H,23,24)/b22-13-. The van der Waals surface area contributed by atoms with Crippen LogP contribution in [0.4, 0.5) is 0 Å². The van der Waals surface area contributed by atoms with Crippen LogP contribution in [0.3, 0.4) is 0 Å². The number of nitrogens with zero attached hydrogens (tertiary/aromatic N) is 1. The molecule has 0 heterocycles. The Labute approximate surface area is 169 Å². The van der Waals surface area contributed by atoms with Crippen molar-refractivity contribution in [1.29, 1.82) is 0 Å². The zero-order chi connectivity index (χ0) is 21.1. The van der Waals surface area contributed by atoms with Crippen molar-refractivity contribution in [1.82, 2.24) is 5.43 Å². The molecule has 0 saturated carbocycles. The Morgan fingerprint density at radius 3 is 2.45 bits per heavy atom. The van der Waals surface area contributed by atoms with Gasteiger partial charge in [-0.15, -0.1) is 0 Å². The van der Waals surface area contributed by atoms with Gasteiger partial charge in [-0.1, -0.05) is 12.1 Å². The van der Waals surface area contributed by atoms with Gasteiger partial charge in [-0.2, -0.15) is 5.10 Å². The van der Waals surface area contributed by atoms with Crippen LogP contribution >= 0.6 is 0 Å². The van der Waals surface area contributed by atoms with Crippen LogP contribution in [0, 0.1) is 0 Å². The van der Waals surface area contributed by atoms with Crippen molar-refractivity contribution in [2.45, 2.75) is 13.3 Å². The summed E-state index contributed by atoms with van der Waals surface area (Å²) in [6.07, 6.45) is 1.69. The van der Waals surface area contributed by atoms with E-state index >= 15 is 0 Å². The topological polar surface area (TPSA) is 95.5 Å². The molecule has 154 valence electrons. The van der Waals surface area contributed by atoms with Crippen molar-refractivity contribution >= 4 is 18.1 Å². The summed E-state index contributed by atoms with van der Waals surface area (Å²) >= 11 is 0. The number of benzene rings is 2. The van der Waals surface area contributed by atoms with E-state index in [4.69, 9.17) is 14.2 Å². The van der Waals surface area contributed by atoms with Crippen LogP contribution < -0.4 is 19.6 Å². The van der Waals surface area contributed by atoms with Crippen LogP contribution in [0.25, 0.3) is 0 Å². The van der Waals surface area contributed by atoms with Crippen molar-refractivity contribution in [3.05, 3.63) is 53.6 Å². The minimum Gasteiger partial charge on any atom is -0.494 e. The molecule has 0 aliphatic heterocycles. The van der Waals surface area contributed by atoms with Gasteiger partial charge in [0.25, 0.3) is 0 Å². The predicted octanol–water partition coefficient (Wildman–Crippen LogP) is 2.34. The van der Waals surface area contributed by atoms with E-state index in [1.54, 1.807) is 18.2 Å². The number of rotatable bonds is 10. The highest BCUT2D eigenvalue weighted by atomic mass is 16.6. The summed E-state index contributed by atoms with van der Waals surface area (Å²) in [4.78, 5) is 23.2. The highest BCUT2D eigenvalue weighted by Crippen LogP contribution is 2.27. The molecule has 0 saturated heterocycles. The molecule has 0 spiro atoms. The molecule has 0 aromatic heterocycles. The number of methoxy groups -OCH3 is 2. The largest absolute Gasteiger partial charge is 0.494 e. The molecule has 2 rings (SSSR count). The van der Waals surface area contributed by atoms with Crippen molar-refractivity contribution in [2.75, 3.05) is 27.4 Å². The van der Waals surface area contributed by atoms with Gasteiger partial charge in [0.2, 0.25) is 5.91 Å². The first kappa shape index (κ1) is 21.7. The van der Waals surface area contributed by atoms with E-state index in [-0.39, 0.29) is 18.9 Å². The van der Waals surface area contributed by atoms with E-state index in [0.717, 1.165) is 11.3 Å². The number of esters is 1. The Kier molecular flexibility index (Phi) is 8.50. The Morgan fingerprint density at radius 1 is 1.03 bits per heavy atom. The van der Waals surface area contributed by atoms with E-state index in [2.05, 4.69) is 15.3 Å². The Morgan fingerprint density at radius 2 is 1.79 bits per heavy atom. The number of hydrogen-bond acceptors (Lipinski definition) is 7. The molecule has 2 aromatic rings. The van der Waals surface area contributed by atoms with Gasteiger partial charge in [0.1, 0.15) is 5.75 Å². The quantitative estimate of drug-likeness (QED) is 0.374. The highest BCUT2D eigenvalue weighted by molar-refractivity contribution is 5.84. The lowest BCUT2D eigenvalue weighted by Gasteiger charge is -2.10. The zero-order valence-electron chi connectivity index (χ0n) is 16.6. The monoisotopic (exact) mass is 400 g/mol. The fourth-order valence-electron chi connectivity index (χ4n) is 2.35. The summed E-state index contributed by atoms with van der Waals surface area (Å²) in [6, 6.07) is 12.4. The summed E-state index contributed by atoms with van der Waals surface area (Å²) < 4.78 is 20.5. The minimum absolute atomic E-state index is 0.202. The number of carbonyl (C=O) groups excluding carboxylic acids is 2. The number of hydrogen-bond donors (Lipinski definition) is 1. The lowest BCUT2D eigenvalue weighted by molar-refractivity contribution is -0.142. The molecule has 0 aliphatic rings. The number of hydrazone groups is 1. The van der Waals surface area contributed by atoms with Gasteiger partial charge in [-0.25, -0.2) is 10.2 Å². The summed E-state index contributed by atoms with van der Waals surface area (Å²) in [5.74, 6) is 0.860. The van der Waals surface area contributed by atoms with E-state index in [0.29, 0.717) is 23.7 Å². The third kappa shape index (κ3) is 7.17. The van der Waals surface area contributed by atoms with E-state index in [9.17, 15) is 9.59 Å². The van der Waals surface area contributed by atoms with Crippen LogP contribution in [-0.2, 0) is 20.7 Å². The average molecular weight is 400 g/mol. The first-order valence-corrected chi connectivity index (χ1v) is 8.97. The van der Waals surface area contributed by atoms with Crippen LogP contribution in [-0.4, -0.2) is 45.5 Å². The number of ether oxygens (including phenoxy) is 4. The Hall–Kier alpha value is -3.55. The predicted molar refractivity (Wildman–Crippen MR) is 108 cm³/mol. The molecule has 0 atom stereocenters. The second kappa shape index (κ2) is 11.3. The van der Waals surface area contributed by atoms with Gasteiger partial charge in [0.05, 0.1) is 33.5 Å². The molecule has 1 N–H and O–H groups in total. The third-order valence-corrected chi connectivity index (χ3v) is 3.76. The second-order valence-corrected chi connectivity index (χ2v) is 5.82. The fraction of sp³-hybridized carbons (Fsp3) is 0.286. The van der Waals surface area contributed by atoms with Gasteiger partial charge < -0.3 is 18.9 Å². The van der Waals surface area contributed by atoms with E-state index < -0.39 is 5.97 Å². The molecule has 8 heteroatoms. The molecule has 0 radical (unpaired) electrons. The van der Waals surface area contributed by atoms with Crippen molar-refractivity contribution < 1.29 is 28.5 Å². The van der Waals surface area contributed by atoms with Gasteiger partial charge in [-0.05, 0) is 48.4 Å². The average Bonchev–Trinajstić information content (AvgIpc) is 2.74. The van der Waals surface area contributed by atoms with Crippen LogP contribution in [0.15, 0.2) is 47.6 Å². The molecule has 0 fully saturated rings. The van der Waals surface area contributed by atoms with Gasteiger partial charge in [0, 0.05) is 0 Å². The number of nitrogens with one attached hydrogen (secondary N) is 1. The molecule has 2 aromatic carbocycles. The normalized spacial score (nSPS) is 10.4. The van der Waals surface area contributed by atoms with Crippen LogP contribution in [0.2, 0.25) is 0 Å². The van der Waals surface area contributed by atoms with Gasteiger partial charge >= 0.3 is 5.97 Å². The van der Waals surface area contributed by atoms with E-state index in [1.165, 1.54) is 20.4 Å². The smallest absolute Gasteiger partial charge is 0.343 e. The SMILES string of the molecule is CCOc1ccc(CC(=O)N/N=C\c2ccc(OCC(=O)OC)c(OC)c2)cc1. The molecule has 0 aliphatic carbocycles. The molecule has 0 bridgehead atoms. The summed E-state index contributed by atoms with van der Waals surface area (Å²) in [5.41, 5.74) is 4.03. The third-order valence-electron chi connectivity index (χ3n) is 3.76. The van der Waals surface area contributed by atoms with Gasteiger partial charge in [-0.3, -0.25) is 4.79 Å². The highest BCUT2D eigenvalue weighted by Gasteiger charge is 2.08.